The third-order valence-electron chi connectivity index (χ3n) is 4.73. The molecule has 1 fully saturated rings. The first-order valence-electron chi connectivity index (χ1n) is 8.70. The number of benzene rings is 1. The monoisotopic (exact) mass is 471 g/mol. The first kappa shape index (κ1) is 19.1. The van der Waals surface area contributed by atoms with Crippen molar-refractivity contribution in [2.24, 2.45) is 0 Å². The summed E-state index contributed by atoms with van der Waals surface area (Å²) in [5, 5.41) is 3.17. The van der Waals surface area contributed by atoms with Gasteiger partial charge in [0, 0.05) is 18.7 Å². The minimum atomic E-state index is -3.78. The van der Waals surface area contributed by atoms with E-state index in [0.29, 0.717) is 39.3 Å². The molecule has 5 rings (SSSR count). The predicted molar refractivity (Wildman–Crippen MR) is 111 cm³/mol. The molecule has 0 bridgehead atoms. The number of aromatic nitrogens is 1. The number of halogens is 1. The normalized spacial score (nSPS) is 19.1. The van der Waals surface area contributed by atoms with Crippen molar-refractivity contribution in [3.63, 3.8) is 0 Å². The van der Waals surface area contributed by atoms with Gasteiger partial charge in [-0.25, -0.2) is 13.4 Å². The number of rotatable bonds is 4. The molecule has 0 radical (unpaired) electrons. The van der Waals surface area contributed by atoms with Crippen LogP contribution in [0.4, 0.5) is 5.13 Å². The Bertz CT molecular complexity index is 1180. The second-order valence-electron chi connectivity index (χ2n) is 6.51. The Morgan fingerprint density at radius 1 is 1.24 bits per heavy atom. The fourth-order valence-corrected chi connectivity index (χ4v) is 7.55. The number of nitrogens with one attached hydrogen (secondary N) is 1. The summed E-state index contributed by atoms with van der Waals surface area (Å²) in [6.45, 7) is 0.467. The zero-order valence-electron chi connectivity index (χ0n) is 14.8. The summed E-state index contributed by atoms with van der Waals surface area (Å²) in [7, 11) is -3.78. The second kappa shape index (κ2) is 7.10. The fraction of sp³-hybridized carbons (Fsp3) is 0.294. The third-order valence-corrected chi connectivity index (χ3v) is 9.27. The van der Waals surface area contributed by atoms with Crippen molar-refractivity contribution in [1.29, 1.82) is 0 Å². The van der Waals surface area contributed by atoms with Gasteiger partial charge in [0.05, 0.1) is 14.6 Å². The maximum absolute atomic E-state index is 12.9. The molecule has 2 aliphatic rings. The topological polar surface area (TPSA) is 97.8 Å². The number of hydrogen-bond donors (Lipinski definition) is 1. The van der Waals surface area contributed by atoms with E-state index < -0.39 is 22.0 Å². The molecule has 1 unspecified atom stereocenters. The number of sulfonamides is 1. The Labute approximate surface area is 179 Å². The van der Waals surface area contributed by atoms with Crippen LogP contribution < -0.4 is 14.8 Å². The van der Waals surface area contributed by atoms with Crippen LogP contribution in [0.2, 0.25) is 4.34 Å². The SMILES string of the molecule is O=C(Nc1nc2cc3c(cc2s1)OCO3)C1CCCN1S(=O)(=O)c1ccc(Cl)s1. The van der Waals surface area contributed by atoms with Crippen LogP contribution in [-0.2, 0) is 14.8 Å². The summed E-state index contributed by atoms with van der Waals surface area (Å²) in [4.78, 5) is 17.3. The molecule has 29 heavy (non-hydrogen) atoms. The fourth-order valence-electron chi connectivity index (χ4n) is 3.40. The number of anilines is 1. The minimum Gasteiger partial charge on any atom is -0.454 e. The number of hydrogen-bond acceptors (Lipinski definition) is 8. The van der Waals surface area contributed by atoms with Gasteiger partial charge in [0.15, 0.2) is 16.6 Å². The molecule has 3 aromatic rings. The van der Waals surface area contributed by atoms with E-state index in [9.17, 15) is 13.2 Å². The van der Waals surface area contributed by atoms with Crippen molar-refractivity contribution >= 4 is 65.6 Å². The van der Waals surface area contributed by atoms with Gasteiger partial charge in [0.1, 0.15) is 10.3 Å². The van der Waals surface area contributed by atoms with Crippen LogP contribution in [0.5, 0.6) is 11.5 Å². The van der Waals surface area contributed by atoms with Gasteiger partial charge in [0.25, 0.3) is 10.0 Å². The van der Waals surface area contributed by atoms with Crippen molar-refractivity contribution in [2.75, 3.05) is 18.7 Å². The molecule has 1 aromatic carbocycles. The molecule has 152 valence electrons. The molecule has 1 saturated heterocycles. The highest BCUT2D eigenvalue weighted by Crippen LogP contribution is 2.39. The molecule has 12 heteroatoms. The summed E-state index contributed by atoms with van der Waals surface area (Å²) in [6, 6.07) is 5.79. The van der Waals surface area contributed by atoms with E-state index in [4.69, 9.17) is 21.1 Å². The molecule has 2 aromatic heterocycles. The lowest BCUT2D eigenvalue weighted by molar-refractivity contribution is -0.119. The Balaban J connectivity index is 1.38. The van der Waals surface area contributed by atoms with Gasteiger partial charge in [-0.1, -0.05) is 22.9 Å². The average molecular weight is 472 g/mol. The molecule has 1 amide bonds. The molecular formula is C17H14ClN3O5S3. The van der Waals surface area contributed by atoms with Crippen LogP contribution >= 0.6 is 34.3 Å². The van der Waals surface area contributed by atoms with Crippen LogP contribution in [0.15, 0.2) is 28.5 Å². The highest BCUT2D eigenvalue weighted by molar-refractivity contribution is 7.91. The van der Waals surface area contributed by atoms with Gasteiger partial charge in [-0.05, 0) is 25.0 Å². The smallest absolute Gasteiger partial charge is 0.253 e. The van der Waals surface area contributed by atoms with E-state index in [0.717, 1.165) is 16.0 Å². The maximum atomic E-state index is 12.9. The molecule has 1 N–H and O–H groups in total. The lowest BCUT2D eigenvalue weighted by atomic mass is 10.2. The molecule has 0 aliphatic carbocycles. The van der Waals surface area contributed by atoms with Gasteiger partial charge < -0.3 is 14.8 Å². The van der Waals surface area contributed by atoms with Crippen LogP contribution in [0, 0.1) is 0 Å². The first-order valence-corrected chi connectivity index (χ1v) is 12.2. The highest BCUT2D eigenvalue weighted by Gasteiger charge is 2.40. The number of fused-ring (bicyclic) bond motifs is 2. The Morgan fingerprint density at radius 2 is 2.03 bits per heavy atom. The second-order valence-corrected chi connectivity index (χ2v) is 11.4. The maximum Gasteiger partial charge on any atom is 0.253 e. The predicted octanol–water partition coefficient (Wildman–Crippen LogP) is 3.53. The summed E-state index contributed by atoms with van der Waals surface area (Å²) in [5.74, 6) is 0.859. The van der Waals surface area contributed by atoms with Crippen molar-refractivity contribution in [2.45, 2.75) is 23.1 Å². The largest absolute Gasteiger partial charge is 0.454 e. The number of nitrogens with zero attached hydrogens (tertiary/aromatic N) is 2. The minimum absolute atomic E-state index is 0.136. The zero-order chi connectivity index (χ0) is 20.2. The number of carbonyl (C=O) groups is 1. The molecule has 2 aliphatic heterocycles. The standard InChI is InChI=1S/C17H14ClN3O5S3/c18-14-3-4-15(28-14)29(23,24)21-5-1-2-10(21)16(22)20-17-19-9-6-11-12(26-8-25-11)7-13(9)27-17/h3-4,6-7,10H,1-2,5,8H2,(H,19,20,22). The van der Waals surface area contributed by atoms with Gasteiger partial charge in [0.2, 0.25) is 12.7 Å². The van der Waals surface area contributed by atoms with E-state index in [1.165, 1.54) is 27.8 Å². The third kappa shape index (κ3) is 3.36. The Morgan fingerprint density at radius 3 is 2.79 bits per heavy atom. The van der Waals surface area contributed by atoms with Crippen molar-refractivity contribution in [3.8, 4) is 11.5 Å². The lowest BCUT2D eigenvalue weighted by Crippen LogP contribution is -2.42. The van der Waals surface area contributed by atoms with E-state index in [1.54, 1.807) is 6.07 Å². The van der Waals surface area contributed by atoms with Crippen LogP contribution in [-0.4, -0.2) is 43.0 Å². The summed E-state index contributed by atoms with van der Waals surface area (Å²) < 4.78 is 39.2. The Hall–Kier alpha value is -1.92. The number of amides is 1. The van der Waals surface area contributed by atoms with Crippen LogP contribution in [0.3, 0.4) is 0 Å². The number of thiazole rings is 1. The molecular weight excluding hydrogens is 458 g/mol. The summed E-state index contributed by atoms with van der Waals surface area (Å²) in [6.07, 6.45) is 1.06. The van der Waals surface area contributed by atoms with Gasteiger partial charge in [-0.15, -0.1) is 11.3 Å². The van der Waals surface area contributed by atoms with Crippen LogP contribution in [0.1, 0.15) is 12.8 Å². The summed E-state index contributed by atoms with van der Waals surface area (Å²) >= 11 is 8.17. The molecule has 1 atom stereocenters. The van der Waals surface area contributed by atoms with E-state index >= 15 is 0 Å². The van der Waals surface area contributed by atoms with E-state index in [1.807, 2.05) is 6.07 Å². The van der Waals surface area contributed by atoms with Crippen molar-refractivity contribution in [1.82, 2.24) is 9.29 Å². The highest BCUT2D eigenvalue weighted by atomic mass is 35.5. The first-order chi connectivity index (χ1) is 13.9. The number of carbonyl (C=O) groups excluding carboxylic acids is 1. The van der Waals surface area contributed by atoms with Gasteiger partial charge >= 0.3 is 0 Å². The molecule has 4 heterocycles. The molecule has 8 nitrogen and oxygen atoms in total. The van der Waals surface area contributed by atoms with E-state index in [-0.39, 0.29) is 17.5 Å². The van der Waals surface area contributed by atoms with Gasteiger partial charge in [-0.2, -0.15) is 4.31 Å². The molecule has 0 saturated carbocycles. The Kier molecular flexibility index (Phi) is 4.67. The quantitative estimate of drug-likeness (QED) is 0.625. The number of ether oxygens (including phenoxy) is 2. The number of thiophene rings is 1. The zero-order valence-corrected chi connectivity index (χ0v) is 18.0. The van der Waals surface area contributed by atoms with E-state index in [2.05, 4.69) is 10.3 Å². The van der Waals surface area contributed by atoms with Crippen molar-refractivity contribution < 1.29 is 22.7 Å². The lowest BCUT2D eigenvalue weighted by Gasteiger charge is -2.22. The van der Waals surface area contributed by atoms with Crippen molar-refractivity contribution in [3.05, 3.63) is 28.6 Å². The average Bonchev–Trinajstić information content (AvgIpc) is 3.45. The van der Waals surface area contributed by atoms with Crippen LogP contribution in [0.25, 0.3) is 10.2 Å². The summed E-state index contributed by atoms with van der Waals surface area (Å²) in [5.41, 5.74) is 0.679. The van der Waals surface area contributed by atoms with Gasteiger partial charge in [-0.3, -0.25) is 4.79 Å². The molecule has 0 spiro atoms.